The second-order valence-electron chi connectivity index (χ2n) is 7.58. The van der Waals surface area contributed by atoms with Crippen LogP contribution in [0.2, 0.25) is 0 Å². The van der Waals surface area contributed by atoms with Crippen LogP contribution in [0.25, 0.3) is 10.2 Å². The van der Waals surface area contributed by atoms with Crippen molar-refractivity contribution in [1.82, 2.24) is 20.1 Å². The van der Waals surface area contributed by atoms with Gasteiger partial charge in [-0.15, -0.1) is 11.3 Å². The number of amides is 2. The van der Waals surface area contributed by atoms with E-state index in [0.717, 1.165) is 16.0 Å². The molecule has 4 rings (SSSR count). The molecule has 2 aliphatic rings. The van der Waals surface area contributed by atoms with Gasteiger partial charge in [0.2, 0.25) is 0 Å². The van der Waals surface area contributed by atoms with Crippen LogP contribution in [0, 0.1) is 0 Å². The summed E-state index contributed by atoms with van der Waals surface area (Å²) in [5.74, 6) is 0.722. The second-order valence-corrected chi connectivity index (χ2v) is 8.46. The molecular weight excluding hydrogens is 405 g/mol. The highest BCUT2D eigenvalue weighted by atomic mass is 32.1. The van der Waals surface area contributed by atoms with Crippen LogP contribution in [-0.2, 0) is 0 Å². The molecule has 0 aliphatic carbocycles. The van der Waals surface area contributed by atoms with Crippen LogP contribution < -0.4 is 10.1 Å². The number of alkyl halides is 3. The summed E-state index contributed by atoms with van der Waals surface area (Å²) in [4.78, 5) is 19.8. The molecule has 1 unspecified atom stereocenters. The first-order valence-corrected chi connectivity index (χ1v) is 10.5. The molecule has 3 heterocycles. The van der Waals surface area contributed by atoms with Gasteiger partial charge in [-0.2, -0.15) is 13.2 Å². The van der Waals surface area contributed by atoms with E-state index >= 15 is 0 Å². The van der Waals surface area contributed by atoms with Gasteiger partial charge in [0.15, 0.2) is 0 Å². The lowest BCUT2D eigenvalue weighted by Gasteiger charge is -2.41. The molecule has 2 fully saturated rings. The Morgan fingerprint density at radius 1 is 1.31 bits per heavy atom. The molecular formula is C19H23F3N4O2S. The van der Waals surface area contributed by atoms with Crippen molar-refractivity contribution in [3.8, 4) is 5.75 Å². The second kappa shape index (κ2) is 7.98. The molecule has 2 aromatic rings. The molecule has 158 valence electrons. The fourth-order valence-corrected chi connectivity index (χ4v) is 4.41. The number of aromatic nitrogens is 1. The maximum absolute atomic E-state index is 12.8. The molecule has 2 saturated heterocycles. The summed E-state index contributed by atoms with van der Waals surface area (Å²) in [5, 5.41) is 2.94. The van der Waals surface area contributed by atoms with Gasteiger partial charge in [-0.25, -0.2) is 9.78 Å². The van der Waals surface area contributed by atoms with E-state index in [2.05, 4.69) is 10.3 Å². The molecule has 0 spiro atoms. The zero-order valence-electron chi connectivity index (χ0n) is 16.0. The number of benzene rings is 1. The Hall–Kier alpha value is -2.07. The average Bonchev–Trinajstić information content (AvgIpc) is 3.13. The molecule has 0 radical (unpaired) electrons. The summed E-state index contributed by atoms with van der Waals surface area (Å²) in [7, 11) is 0. The van der Waals surface area contributed by atoms with Crippen LogP contribution in [0.5, 0.6) is 5.75 Å². The van der Waals surface area contributed by atoms with Crippen LogP contribution in [-0.4, -0.2) is 71.4 Å². The largest absolute Gasteiger partial charge is 0.484 e. The Labute approximate surface area is 170 Å². The molecule has 1 aromatic carbocycles. The zero-order valence-corrected chi connectivity index (χ0v) is 16.8. The summed E-state index contributed by atoms with van der Waals surface area (Å²) in [6.07, 6.45) is -3.26. The molecule has 1 aromatic heterocycles. The average molecular weight is 428 g/mol. The monoisotopic (exact) mass is 428 g/mol. The predicted molar refractivity (Wildman–Crippen MR) is 104 cm³/mol. The summed E-state index contributed by atoms with van der Waals surface area (Å²) in [5.41, 5.74) is 2.61. The van der Waals surface area contributed by atoms with E-state index in [-0.39, 0.29) is 18.2 Å². The molecule has 0 bridgehead atoms. The number of nitrogens with zero attached hydrogens (tertiary/aromatic N) is 3. The lowest BCUT2D eigenvalue weighted by Crippen LogP contribution is -2.61. The molecule has 1 atom stereocenters. The Kier molecular flexibility index (Phi) is 5.56. The van der Waals surface area contributed by atoms with Crippen LogP contribution in [0.1, 0.15) is 19.8 Å². The van der Waals surface area contributed by atoms with Crippen molar-refractivity contribution in [2.45, 2.75) is 44.1 Å². The quantitative estimate of drug-likeness (QED) is 0.810. The Morgan fingerprint density at radius 3 is 2.72 bits per heavy atom. The zero-order chi connectivity index (χ0) is 20.6. The third kappa shape index (κ3) is 4.42. The van der Waals surface area contributed by atoms with Crippen LogP contribution >= 0.6 is 11.3 Å². The minimum absolute atomic E-state index is 0.0810. The molecule has 6 nitrogen and oxygen atoms in total. The van der Waals surface area contributed by atoms with E-state index in [9.17, 15) is 18.0 Å². The third-order valence-corrected chi connectivity index (χ3v) is 6.43. The van der Waals surface area contributed by atoms with E-state index in [1.165, 1.54) is 11.8 Å². The number of carbonyl (C=O) groups excluding carboxylic acids is 1. The number of piperidine rings is 1. The Morgan fingerprint density at radius 2 is 2.03 bits per heavy atom. The molecule has 2 aliphatic heterocycles. The molecule has 0 saturated carbocycles. The number of hydrogen-bond acceptors (Lipinski definition) is 5. The van der Waals surface area contributed by atoms with E-state index in [4.69, 9.17) is 4.74 Å². The van der Waals surface area contributed by atoms with Gasteiger partial charge >= 0.3 is 12.2 Å². The number of halogens is 3. The normalized spacial score (nSPS) is 20.5. The number of ether oxygens (including phenoxy) is 1. The number of thiazole rings is 1. The fraction of sp³-hybridized carbons (Fsp3) is 0.579. The highest BCUT2D eigenvalue weighted by molar-refractivity contribution is 7.16. The molecule has 1 N–H and O–H groups in total. The Bertz CT molecular complexity index is 861. The SMILES string of the molecule is CC(N1CCC(NC(=O)N2CC(Oc3cccc4scnc34)C2)CC1)C(F)(F)F. The van der Waals surface area contributed by atoms with E-state index in [0.29, 0.717) is 39.0 Å². The van der Waals surface area contributed by atoms with Gasteiger partial charge in [-0.1, -0.05) is 6.07 Å². The first-order chi connectivity index (χ1) is 13.8. The summed E-state index contributed by atoms with van der Waals surface area (Å²) >= 11 is 1.55. The van der Waals surface area contributed by atoms with Crippen molar-refractivity contribution >= 4 is 27.6 Å². The van der Waals surface area contributed by atoms with Gasteiger partial charge in [-0.05, 0) is 31.9 Å². The number of hydrogen-bond donors (Lipinski definition) is 1. The number of fused-ring (bicyclic) bond motifs is 1. The van der Waals surface area contributed by atoms with Crippen molar-refractivity contribution in [3.63, 3.8) is 0 Å². The van der Waals surface area contributed by atoms with Crippen LogP contribution in [0.4, 0.5) is 18.0 Å². The van der Waals surface area contributed by atoms with Gasteiger partial charge in [0.05, 0.1) is 23.3 Å². The van der Waals surface area contributed by atoms with Crippen molar-refractivity contribution in [1.29, 1.82) is 0 Å². The van der Waals surface area contributed by atoms with Gasteiger partial charge in [0.1, 0.15) is 23.4 Å². The molecule has 10 heteroatoms. The van der Waals surface area contributed by atoms with Gasteiger partial charge in [0.25, 0.3) is 0 Å². The summed E-state index contributed by atoms with van der Waals surface area (Å²) in [6, 6.07) is 4.06. The number of carbonyl (C=O) groups is 1. The smallest absolute Gasteiger partial charge is 0.403 e. The first-order valence-electron chi connectivity index (χ1n) is 9.66. The van der Waals surface area contributed by atoms with Crippen LogP contribution in [0.3, 0.4) is 0 Å². The van der Waals surface area contributed by atoms with Gasteiger partial charge in [0, 0.05) is 19.1 Å². The maximum Gasteiger partial charge on any atom is 0.403 e. The summed E-state index contributed by atoms with van der Waals surface area (Å²) < 4.78 is 45.5. The maximum atomic E-state index is 12.8. The minimum Gasteiger partial charge on any atom is -0.484 e. The van der Waals surface area contributed by atoms with Crippen molar-refractivity contribution in [2.24, 2.45) is 0 Å². The lowest BCUT2D eigenvalue weighted by molar-refractivity contribution is -0.181. The van der Waals surface area contributed by atoms with E-state index in [1.807, 2.05) is 18.2 Å². The standard InChI is InChI=1S/C19H23F3N4O2S/c1-12(19(20,21)22)25-7-5-13(6-8-25)24-18(27)26-9-14(10-26)28-15-3-2-4-16-17(15)23-11-29-16/h2-4,11-14H,5-10H2,1H3,(H,24,27). The minimum atomic E-state index is -4.22. The van der Waals surface area contributed by atoms with Crippen molar-refractivity contribution in [3.05, 3.63) is 23.7 Å². The van der Waals surface area contributed by atoms with Crippen LogP contribution in [0.15, 0.2) is 23.7 Å². The van der Waals surface area contributed by atoms with Gasteiger partial charge < -0.3 is 15.0 Å². The van der Waals surface area contributed by atoms with E-state index < -0.39 is 12.2 Å². The predicted octanol–water partition coefficient (Wildman–Crippen LogP) is 3.48. The topological polar surface area (TPSA) is 57.7 Å². The third-order valence-electron chi connectivity index (χ3n) is 5.63. The van der Waals surface area contributed by atoms with Gasteiger partial charge in [-0.3, -0.25) is 4.90 Å². The first kappa shape index (κ1) is 20.2. The van der Waals surface area contributed by atoms with Crippen molar-refractivity contribution < 1.29 is 22.7 Å². The number of rotatable bonds is 4. The lowest BCUT2D eigenvalue weighted by atomic mass is 10.0. The molecule has 29 heavy (non-hydrogen) atoms. The Balaban J connectivity index is 1.21. The number of para-hydroxylation sites is 1. The highest BCUT2D eigenvalue weighted by Gasteiger charge is 2.41. The number of nitrogens with one attached hydrogen (secondary N) is 1. The summed E-state index contributed by atoms with van der Waals surface area (Å²) in [6.45, 7) is 2.81. The number of likely N-dealkylation sites (tertiary alicyclic amines) is 2. The van der Waals surface area contributed by atoms with Crippen molar-refractivity contribution in [2.75, 3.05) is 26.2 Å². The highest BCUT2D eigenvalue weighted by Crippen LogP contribution is 2.29. The number of urea groups is 1. The molecule has 2 amide bonds. The van der Waals surface area contributed by atoms with E-state index in [1.54, 1.807) is 21.7 Å². The fourth-order valence-electron chi connectivity index (χ4n) is 3.72.